The Labute approximate surface area is 153 Å². The van der Waals surface area contributed by atoms with Crippen LogP contribution < -0.4 is 4.74 Å². The molecule has 2 aromatic rings. The highest BCUT2D eigenvalue weighted by Crippen LogP contribution is 2.33. The van der Waals surface area contributed by atoms with Crippen molar-refractivity contribution in [3.05, 3.63) is 65.7 Å². The molecule has 1 aliphatic heterocycles. The molecule has 0 spiro atoms. The largest absolute Gasteiger partial charge is 0.481 e. The number of carbonyl (C=O) groups excluding carboxylic acids is 1. The van der Waals surface area contributed by atoms with E-state index in [-0.39, 0.29) is 18.4 Å². The monoisotopic (exact) mass is 353 g/mol. The Bertz CT molecular complexity index is 772. The van der Waals surface area contributed by atoms with Crippen molar-refractivity contribution in [2.75, 3.05) is 13.1 Å². The van der Waals surface area contributed by atoms with E-state index < -0.39 is 18.0 Å². The summed E-state index contributed by atoms with van der Waals surface area (Å²) in [6.45, 7) is 4.28. The van der Waals surface area contributed by atoms with Crippen LogP contribution in [-0.4, -0.2) is 41.1 Å². The van der Waals surface area contributed by atoms with E-state index in [9.17, 15) is 14.7 Å². The van der Waals surface area contributed by atoms with Crippen LogP contribution in [0.2, 0.25) is 0 Å². The number of hydrogen-bond acceptors (Lipinski definition) is 3. The van der Waals surface area contributed by atoms with Gasteiger partial charge in [-0.25, -0.2) is 0 Å². The minimum atomic E-state index is -0.874. The topological polar surface area (TPSA) is 66.8 Å². The minimum Gasteiger partial charge on any atom is -0.481 e. The SMILES string of the molecule is Cc1ccc(OC(C)C(=O)N2CC(C(=O)O)C(c3ccccc3)C2)cc1. The van der Waals surface area contributed by atoms with Crippen molar-refractivity contribution in [1.82, 2.24) is 4.90 Å². The van der Waals surface area contributed by atoms with E-state index in [2.05, 4.69) is 0 Å². The van der Waals surface area contributed by atoms with Gasteiger partial charge in [-0.2, -0.15) is 0 Å². The summed E-state index contributed by atoms with van der Waals surface area (Å²) in [5, 5.41) is 9.58. The average Bonchev–Trinajstić information content (AvgIpc) is 3.09. The summed E-state index contributed by atoms with van der Waals surface area (Å²) < 4.78 is 5.74. The molecule has 1 aliphatic rings. The normalized spacial score (nSPS) is 20.6. The van der Waals surface area contributed by atoms with Crippen molar-refractivity contribution in [3.8, 4) is 5.75 Å². The van der Waals surface area contributed by atoms with E-state index in [1.54, 1.807) is 11.8 Å². The van der Waals surface area contributed by atoms with Gasteiger partial charge in [0, 0.05) is 19.0 Å². The van der Waals surface area contributed by atoms with Gasteiger partial charge in [0.15, 0.2) is 6.10 Å². The predicted molar refractivity (Wildman–Crippen MR) is 98.2 cm³/mol. The smallest absolute Gasteiger partial charge is 0.308 e. The number of ether oxygens (including phenoxy) is 1. The number of nitrogens with zero attached hydrogens (tertiary/aromatic N) is 1. The van der Waals surface area contributed by atoms with E-state index in [1.807, 2.05) is 61.5 Å². The molecule has 5 nitrogen and oxygen atoms in total. The molecule has 0 aromatic heterocycles. The highest BCUT2D eigenvalue weighted by atomic mass is 16.5. The summed E-state index contributed by atoms with van der Waals surface area (Å²) >= 11 is 0. The molecule has 1 heterocycles. The molecule has 0 aliphatic carbocycles. The van der Waals surface area contributed by atoms with E-state index in [1.165, 1.54) is 0 Å². The van der Waals surface area contributed by atoms with Gasteiger partial charge in [0.05, 0.1) is 5.92 Å². The van der Waals surface area contributed by atoms with E-state index in [0.29, 0.717) is 12.3 Å². The minimum absolute atomic E-state index is 0.185. The lowest BCUT2D eigenvalue weighted by Gasteiger charge is -2.22. The zero-order valence-corrected chi connectivity index (χ0v) is 15.0. The lowest BCUT2D eigenvalue weighted by molar-refractivity contribution is -0.142. The Kier molecular flexibility index (Phi) is 5.26. The number of rotatable bonds is 5. The van der Waals surface area contributed by atoms with Crippen LogP contribution in [0, 0.1) is 12.8 Å². The van der Waals surface area contributed by atoms with Gasteiger partial charge in [-0.1, -0.05) is 48.0 Å². The fraction of sp³-hybridized carbons (Fsp3) is 0.333. The molecule has 1 saturated heterocycles. The maximum atomic E-state index is 12.8. The van der Waals surface area contributed by atoms with Crippen LogP contribution in [0.3, 0.4) is 0 Å². The van der Waals surface area contributed by atoms with Crippen LogP contribution in [-0.2, 0) is 9.59 Å². The molecule has 2 aromatic carbocycles. The Morgan fingerprint density at radius 2 is 1.73 bits per heavy atom. The van der Waals surface area contributed by atoms with Crippen LogP contribution in [0.15, 0.2) is 54.6 Å². The predicted octanol–water partition coefficient (Wildman–Crippen LogP) is 3.09. The van der Waals surface area contributed by atoms with Gasteiger partial charge in [0.25, 0.3) is 5.91 Å². The molecule has 1 fully saturated rings. The van der Waals surface area contributed by atoms with Gasteiger partial charge in [0.2, 0.25) is 0 Å². The molecule has 3 unspecified atom stereocenters. The number of carboxylic acid groups (broad SMARTS) is 1. The zero-order valence-electron chi connectivity index (χ0n) is 15.0. The summed E-state index contributed by atoms with van der Waals surface area (Å²) in [6, 6.07) is 17.0. The van der Waals surface area contributed by atoms with Crippen molar-refractivity contribution in [3.63, 3.8) is 0 Å². The Hall–Kier alpha value is -2.82. The summed E-state index contributed by atoms with van der Waals surface area (Å²) in [7, 11) is 0. The van der Waals surface area contributed by atoms with Gasteiger partial charge in [0.1, 0.15) is 5.75 Å². The molecule has 0 bridgehead atoms. The van der Waals surface area contributed by atoms with E-state index in [4.69, 9.17) is 4.74 Å². The molecule has 1 N–H and O–H groups in total. The molecule has 26 heavy (non-hydrogen) atoms. The number of benzene rings is 2. The number of carboxylic acids is 1. The van der Waals surface area contributed by atoms with Crippen LogP contribution in [0.25, 0.3) is 0 Å². The van der Waals surface area contributed by atoms with Crippen molar-refractivity contribution in [1.29, 1.82) is 0 Å². The van der Waals surface area contributed by atoms with Crippen molar-refractivity contribution in [2.24, 2.45) is 5.92 Å². The first-order valence-electron chi connectivity index (χ1n) is 8.75. The zero-order chi connectivity index (χ0) is 18.7. The van der Waals surface area contributed by atoms with Crippen LogP contribution in [0.1, 0.15) is 24.0 Å². The molecule has 5 heteroatoms. The lowest BCUT2D eigenvalue weighted by atomic mass is 9.89. The highest BCUT2D eigenvalue weighted by molar-refractivity contribution is 5.83. The second-order valence-corrected chi connectivity index (χ2v) is 6.78. The van der Waals surface area contributed by atoms with Crippen molar-refractivity contribution in [2.45, 2.75) is 25.9 Å². The highest BCUT2D eigenvalue weighted by Gasteiger charge is 2.41. The van der Waals surface area contributed by atoms with E-state index in [0.717, 1.165) is 11.1 Å². The average molecular weight is 353 g/mol. The van der Waals surface area contributed by atoms with Gasteiger partial charge in [-0.05, 0) is 31.5 Å². The third-order valence-corrected chi connectivity index (χ3v) is 4.86. The summed E-state index contributed by atoms with van der Waals surface area (Å²) in [5.41, 5.74) is 2.06. The fourth-order valence-electron chi connectivity index (χ4n) is 3.40. The molecule has 3 rings (SSSR count). The molecule has 3 atom stereocenters. The van der Waals surface area contributed by atoms with Gasteiger partial charge < -0.3 is 14.7 Å². The summed E-state index contributed by atoms with van der Waals surface area (Å²) in [5.74, 6) is -1.24. The van der Waals surface area contributed by atoms with Crippen molar-refractivity contribution < 1.29 is 19.4 Å². The number of carbonyl (C=O) groups is 2. The van der Waals surface area contributed by atoms with Crippen LogP contribution >= 0.6 is 0 Å². The van der Waals surface area contributed by atoms with Gasteiger partial charge in [-0.3, -0.25) is 9.59 Å². The quantitative estimate of drug-likeness (QED) is 0.897. The number of likely N-dealkylation sites (tertiary alicyclic amines) is 1. The third-order valence-electron chi connectivity index (χ3n) is 4.86. The van der Waals surface area contributed by atoms with Crippen molar-refractivity contribution >= 4 is 11.9 Å². The Morgan fingerprint density at radius 1 is 1.08 bits per heavy atom. The molecule has 136 valence electrons. The Balaban J connectivity index is 1.71. The van der Waals surface area contributed by atoms with E-state index >= 15 is 0 Å². The molecular weight excluding hydrogens is 330 g/mol. The lowest BCUT2D eigenvalue weighted by Crippen LogP contribution is -2.39. The number of amides is 1. The summed E-state index contributed by atoms with van der Waals surface area (Å²) in [4.78, 5) is 26.1. The molecule has 1 amide bonds. The maximum Gasteiger partial charge on any atom is 0.308 e. The second kappa shape index (κ2) is 7.60. The maximum absolute atomic E-state index is 12.8. The van der Waals surface area contributed by atoms with Gasteiger partial charge in [-0.15, -0.1) is 0 Å². The second-order valence-electron chi connectivity index (χ2n) is 6.78. The fourth-order valence-corrected chi connectivity index (χ4v) is 3.40. The van der Waals surface area contributed by atoms with Crippen LogP contribution in [0.5, 0.6) is 5.75 Å². The number of aryl methyl sites for hydroxylation is 1. The number of hydrogen-bond donors (Lipinski definition) is 1. The summed E-state index contributed by atoms with van der Waals surface area (Å²) in [6.07, 6.45) is -0.665. The molecule has 0 saturated carbocycles. The third kappa shape index (κ3) is 3.87. The standard InChI is InChI=1S/C21H23NO4/c1-14-8-10-17(11-9-14)26-15(2)20(23)22-12-18(19(13-22)21(24)25)16-6-4-3-5-7-16/h3-11,15,18-19H,12-13H2,1-2H3,(H,24,25). The Morgan fingerprint density at radius 3 is 2.35 bits per heavy atom. The molecule has 0 radical (unpaired) electrons. The van der Waals surface area contributed by atoms with Gasteiger partial charge >= 0.3 is 5.97 Å². The first kappa shape index (κ1) is 18.0. The number of aliphatic carboxylic acids is 1. The first-order chi connectivity index (χ1) is 12.5. The van der Waals surface area contributed by atoms with Crippen LogP contribution in [0.4, 0.5) is 0 Å². The molecular formula is C21H23NO4. The first-order valence-corrected chi connectivity index (χ1v) is 8.75.